The molecule has 232 valence electrons. The van der Waals surface area contributed by atoms with E-state index in [4.69, 9.17) is 9.47 Å². The van der Waals surface area contributed by atoms with Crippen molar-refractivity contribution in [2.45, 2.75) is 95.8 Å². The molecule has 0 amide bonds. The maximum absolute atomic E-state index is 15.3. The molecule has 0 aromatic heterocycles. The van der Waals surface area contributed by atoms with E-state index in [1.165, 1.54) is 62.8 Å². The minimum atomic E-state index is -1.22. The van der Waals surface area contributed by atoms with E-state index in [1.54, 1.807) is 13.0 Å². The van der Waals surface area contributed by atoms with E-state index in [-0.39, 0.29) is 40.9 Å². The van der Waals surface area contributed by atoms with Crippen LogP contribution in [0.4, 0.5) is 22.0 Å². The second kappa shape index (κ2) is 13.0. The van der Waals surface area contributed by atoms with E-state index in [0.29, 0.717) is 43.8 Å². The summed E-state index contributed by atoms with van der Waals surface area (Å²) in [5, 5.41) is -0.153. The molecule has 43 heavy (non-hydrogen) atoms. The lowest BCUT2D eigenvalue weighted by atomic mass is 9.75. The van der Waals surface area contributed by atoms with Crippen molar-refractivity contribution in [1.82, 2.24) is 0 Å². The van der Waals surface area contributed by atoms with Gasteiger partial charge in [0.2, 0.25) is 5.82 Å². The molecule has 0 atom stereocenters. The highest BCUT2D eigenvalue weighted by Crippen LogP contribution is 2.45. The predicted octanol–water partition coefficient (Wildman–Crippen LogP) is 10.8. The van der Waals surface area contributed by atoms with Gasteiger partial charge in [-0.1, -0.05) is 37.8 Å². The first kappa shape index (κ1) is 30.2. The van der Waals surface area contributed by atoms with Crippen LogP contribution < -0.4 is 9.47 Å². The Balaban J connectivity index is 1.08. The fraction of sp³-hybridized carbons (Fsp3) is 0.556. The highest BCUT2D eigenvalue weighted by molar-refractivity contribution is 5.86. The molecule has 0 bridgehead atoms. The van der Waals surface area contributed by atoms with Crippen LogP contribution in [0, 0.1) is 46.8 Å². The van der Waals surface area contributed by atoms with E-state index < -0.39 is 34.5 Å². The van der Waals surface area contributed by atoms with Crippen molar-refractivity contribution in [3.05, 3.63) is 70.5 Å². The van der Waals surface area contributed by atoms with Gasteiger partial charge in [0.1, 0.15) is 0 Å². The lowest BCUT2D eigenvalue weighted by molar-refractivity contribution is 0.151. The van der Waals surface area contributed by atoms with Gasteiger partial charge in [0, 0.05) is 0 Å². The van der Waals surface area contributed by atoms with Crippen LogP contribution in [0.5, 0.6) is 11.5 Å². The standard InChI is InChI=1S/C36H41F5O2/c1-2-42-29-17-15-26-19-28(33(38)36(41)31(26)34(29)39)25-13-11-24(12-14-25)27-16-18-30(35(40)32(27)37)43-20-21-7-9-23(10-8-21)22-5-3-4-6-22/h15-19,21-25H,2-14,20H2,1H3/t21-,23-,24-,25-. The number of hydrogen-bond donors (Lipinski definition) is 0. The largest absolute Gasteiger partial charge is 0.491 e. The number of rotatable bonds is 8. The molecule has 0 unspecified atom stereocenters. The van der Waals surface area contributed by atoms with Crippen LogP contribution in [0.3, 0.4) is 0 Å². The van der Waals surface area contributed by atoms with Crippen LogP contribution in [0.25, 0.3) is 10.8 Å². The first-order valence-corrected chi connectivity index (χ1v) is 16.2. The Morgan fingerprint density at radius 3 is 1.84 bits per heavy atom. The Labute approximate surface area is 251 Å². The molecule has 0 N–H and O–H groups in total. The molecule has 3 saturated carbocycles. The zero-order chi connectivity index (χ0) is 30.1. The summed E-state index contributed by atoms with van der Waals surface area (Å²) >= 11 is 0. The number of benzene rings is 3. The third-order valence-electron chi connectivity index (χ3n) is 10.5. The van der Waals surface area contributed by atoms with Crippen LogP contribution in [-0.4, -0.2) is 13.2 Å². The number of ether oxygens (including phenoxy) is 2. The monoisotopic (exact) mass is 600 g/mol. The maximum Gasteiger partial charge on any atom is 0.200 e. The Morgan fingerprint density at radius 2 is 1.16 bits per heavy atom. The Morgan fingerprint density at radius 1 is 0.581 bits per heavy atom. The number of fused-ring (bicyclic) bond motifs is 1. The van der Waals surface area contributed by atoms with E-state index in [1.807, 2.05) is 0 Å². The normalized spacial score (nSPS) is 24.9. The van der Waals surface area contributed by atoms with Crippen molar-refractivity contribution < 1.29 is 31.4 Å². The van der Waals surface area contributed by atoms with Gasteiger partial charge in [0.15, 0.2) is 34.8 Å². The van der Waals surface area contributed by atoms with Gasteiger partial charge in [-0.25, -0.2) is 17.6 Å². The molecule has 6 rings (SSSR count). The molecule has 3 aromatic rings. The van der Waals surface area contributed by atoms with Crippen molar-refractivity contribution in [3.8, 4) is 11.5 Å². The zero-order valence-corrected chi connectivity index (χ0v) is 24.9. The summed E-state index contributed by atoms with van der Waals surface area (Å²) in [5.74, 6) is -3.65. The van der Waals surface area contributed by atoms with Crippen molar-refractivity contribution in [2.24, 2.45) is 17.8 Å². The molecule has 3 aliphatic rings. The first-order chi connectivity index (χ1) is 20.9. The molecular formula is C36H41F5O2. The van der Waals surface area contributed by atoms with Gasteiger partial charge in [-0.3, -0.25) is 0 Å². The summed E-state index contributed by atoms with van der Waals surface area (Å²) in [6.07, 6.45) is 12.0. The summed E-state index contributed by atoms with van der Waals surface area (Å²) in [5.41, 5.74) is 0.496. The minimum absolute atomic E-state index is 0.0405. The van der Waals surface area contributed by atoms with Crippen molar-refractivity contribution in [2.75, 3.05) is 13.2 Å². The second-order valence-corrected chi connectivity index (χ2v) is 13.0. The Kier molecular flexibility index (Phi) is 9.16. The van der Waals surface area contributed by atoms with Gasteiger partial charge in [-0.15, -0.1) is 0 Å². The molecule has 7 heteroatoms. The quantitative estimate of drug-likeness (QED) is 0.240. The zero-order valence-electron chi connectivity index (χ0n) is 24.9. The van der Waals surface area contributed by atoms with Crippen LogP contribution >= 0.6 is 0 Å². The lowest BCUT2D eigenvalue weighted by Crippen LogP contribution is -2.24. The molecule has 0 spiro atoms. The fourth-order valence-electron chi connectivity index (χ4n) is 8.10. The van der Waals surface area contributed by atoms with Crippen LogP contribution in [0.1, 0.15) is 107 Å². The Bertz CT molecular complexity index is 1430. The Hall–Kier alpha value is -2.83. The van der Waals surface area contributed by atoms with Gasteiger partial charge < -0.3 is 9.47 Å². The number of halogens is 5. The van der Waals surface area contributed by atoms with Crippen molar-refractivity contribution in [3.63, 3.8) is 0 Å². The molecule has 3 aliphatic carbocycles. The van der Waals surface area contributed by atoms with Crippen molar-refractivity contribution >= 4 is 10.8 Å². The smallest absolute Gasteiger partial charge is 0.200 e. The number of hydrogen-bond acceptors (Lipinski definition) is 2. The van der Waals surface area contributed by atoms with Crippen LogP contribution in [-0.2, 0) is 0 Å². The predicted molar refractivity (Wildman–Crippen MR) is 158 cm³/mol. The molecule has 0 heterocycles. The van der Waals surface area contributed by atoms with Gasteiger partial charge in [-0.05, 0) is 123 Å². The summed E-state index contributed by atoms with van der Waals surface area (Å²) in [6, 6.07) is 7.61. The average molecular weight is 601 g/mol. The summed E-state index contributed by atoms with van der Waals surface area (Å²) < 4.78 is 86.4. The van der Waals surface area contributed by atoms with Crippen molar-refractivity contribution in [1.29, 1.82) is 0 Å². The third-order valence-corrected chi connectivity index (χ3v) is 10.5. The molecule has 0 radical (unpaired) electrons. The first-order valence-electron chi connectivity index (χ1n) is 16.2. The van der Waals surface area contributed by atoms with E-state index in [9.17, 15) is 4.39 Å². The topological polar surface area (TPSA) is 18.5 Å². The van der Waals surface area contributed by atoms with Gasteiger partial charge in [0.25, 0.3) is 0 Å². The summed E-state index contributed by atoms with van der Waals surface area (Å²) in [6.45, 7) is 2.29. The summed E-state index contributed by atoms with van der Waals surface area (Å²) in [4.78, 5) is 0. The van der Waals surface area contributed by atoms with Gasteiger partial charge in [0.05, 0.1) is 18.6 Å². The van der Waals surface area contributed by atoms with E-state index >= 15 is 17.6 Å². The molecular weight excluding hydrogens is 559 g/mol. The molecule has 0 saturated heterocycles. The lowest BCUT2D eigenvalue weighted by Gasteiger charge is -2.32. The SMILES string of the molecule is CCOc1ccc2cc([C@H]3CC[C@H](c4ccc(OC[C@H]5CC[C@H](C6CCCC6)CC5)c(F)c4F)CC3)c(F)c(F)c2c1F. The summed E-state index contributed by atoms with van der Waals surface area (Å²) in [7, 11) is 0. The van der Waals surface area contributed by atoms with Crippen LogP contribution in [0.15, 0.2) is 30.3 Å². The molecule has 3 aromatic carbocycles. The van der Waals surface area contributed by atoms with E-state index in [2.05, 4.69) is 0 Å². The van der Waals surface area contributed by atoms with Gasteiger partial charge in [-0.2, -0.15) is 4.39 Å². The fourth-order valence-corrected chi connectivity index (χ4v) is 8.10. The highest BCUT2D eigenvalue weighted by atomic mass is 19.2. The molecule has 2 nitrogen and oxygen atoms in total. The molecule has 3 fully saturated rings. The third kappa shape index (κ3) is 6.10. The van der Waals surface area contributed by atoms with Crippen LogP contribution in [0.2, 0.25) is 0 Å². The molecule has 0 aliphatic heterocycles. The minimum Gasteiger partial charge on any atom is -0.491 e. The second-order valence-electron chi connectivity index (χ2n) is 13.0. The van der Waals surface area contributed by atoms with Gasteiger partial charge >= 0.3 is 0 Å². The van der Waals surface area contributed by atoms with E-state index in [0.717, 1.165) is 24.7 Å². The highest BCUT2D eigenvalue weighted by Gasteiger charge is 2.32. The average Bonchev–Trinajstić information content (AvgIpc) is 3.57. The maximum atomic E-state index is 15.3.